The maximum absolute atomic E-state index is 11.5. The van der Waals surface area contributed by atoms with E-state index in [1.54, 1.807) is 6.92 Å². The van der Waals surface area contributed by atoms with Gasteiger partial charge in [-0.15, -0.1) is 6.42 Å². The number of carbonyl (C=O) groups is 1. The number of hydrogen-bond acceptors (Lipinski definition) is 3. The average Bonchev–Trinajstić information content (AvgIpc) is 2.31. The predicted molar refractivity (Wildman–Crippen MR) is 62.6 cm³/mol. The van der Waals surface area contributed by atoms with Crippen molar-refractivity contribution in [2.75, 3.05) is 6.61 Å². The van der Waals surface area contributed by atoms with Gasteiger partial charge >= 0.3 is 5.97 Å². The molecule has 2 N–H and O–H groups in total. The van der Waals surface area contributed by atoms with Crippen LogP contribution in [0.1, 0.15) is 18.4 Å². The zero-order chi connectivity index (χ0) is 12.0. The third-order valence-electron chi connectivity index (χ3n) is 2.26. The molecular formula is C13H15NO2. The Labute approximate surface area is 95.6 Å². The van der Waals surface area contributed by atoms with Gasteiger partial charge in [-0.05, 0) is 12.5 Å². The van der Waals surface area contributed by atoms with E-state index in [0.29, 0.717) is 6.61 Å². The highest BCUT2D eigenvalue weighted by Gasteiger charge is 2.25. The Kier molecular flexibility index (Phi) is 4.56. The molecule has 1 aromatic rings. The van der Waals surface area contributed by atoms with E-state index in [0.717, 1.165) is 5.56 Å². The molecule has 0 heterocycles. The molecular weight excluding hydrogens is 202 g/mol. The summed E-state index contributed by atoms with van der Waals surface area (Å²) in [5.74, 6) is 1.62. The molecule has 0 bridgehead atoms. The Hall–Kier alpha value is -1.79. The predicted octanol–water partition coefficient (Wildman–Crippen LogP) is 1.29. The molecule has 2 atom stereocenters. The lowest BCUT2D eigenvalue weighted by Crippen LogP contribution is -2.37. The van der Waals surface area contributed by atoms with Gasteiger partial charge in [0.25, 0.3) is 0 Å². The first-order valence-electron chi connectivity index (χ1n) is 5.14. The van der Waals surface area contributed by atoms with E-state index >= 15 is 0 Å². The molecule has 3 nitrogen and oxygen atoms in total. The number of benzene rings is 1. The smallest absolute Gasteiger partial charge is 0.324 e. The van der Waals surface area contributed by atoms with Crippen molar-refractivity contribution in [1.82, 2.24) is 0 Å². The van der Waals surface area contributed by atoms with Crippen LogP contribution >= 0.6 is 0 Å². The van der Waals surface area contributed by atoms with Gasteiger partial charge in [-0.3, -0.25) is 4.79 Å². The standard InChI is InChI=1S/C13H15NO2/c1-3-11(10-8-6-5-7-9-10)12(14)13(15)16-4-2/h1,5-9,11-12H,4,14H2,2H3. The van der Waals surface area contributed by atoms with Crippen molar-refractivity contribution in [1.29, 1.82) is 0 Å². The van der Waals surface area contributed by atoms with E-state index in [9.17, 15) is 4.79 Å². The second-order valence-electron chi connectivity index (χ2n) is 3.33. The normalized spacial score (nSPS) is 13.6. The summed E-state index contributed by atoms with van der Waals surface area (Å²) in [7, 11) is 0. The summed E-state index contributed by atoms with van der Waals surface area (Å²) in [4.78, 5) is 11.5. The van der Waals surface area contributed by atoms with Crippen LogP contribution in [-0.2, 0) is 9.53 Å². The lowest BCUT2D eigenvalue weighted by molar-refractivity contribution is -0.144. The van der Waals surface area contributed by atoms with Crippen molar-refractivity contribution in [3.8, 4) is 12.3 Å². The molecule has 0 fully saturated rings. The molecule has 0 spiro atoms. The van der Waals surface area contributed by atoms with E-state index in [1.807, 2.05) is 30.3 Å². The van der Waals surface area contributed by atoms with Gasteiger partial charge < -0.3 is 10.5 Å². The molecule has 0 saturated carbocycles. The van der Waals surface area contributed by atoms with Crippen molar-refractivity contribution in [3.63, 3.8) is 0 Å². The second kappa shape index (κ2) is 5.94. The molecule has 16 heavy (non-hydrogen) atoms. The van der Waals surface area contributed by atoms with Crippen LogP contribution in [0.3, 0.4) is 0 Å². The van der Waals surface area contributed by atoms with Gasteiger partial charge in [0, 0.05) is 0 Å². The van der Waals surface area contributed by atoms with Gasteiger partial charge in [-0.1, -0.05) is 36.3 Å². The minimum Gasteiger partial charge on any atom is -0.465 e. The largest absolute Gasteiger partial charge is 0.465 e. The Morgan fingerprint density at radius 2 is 2.12 bits per heavy atom. The molecule has 0 aromatic heterocycles. The van der Waals surface area contributed by atoms with Crippen molar-refractivity contribution in [3.05, 3.63) is 35.9 Å². The first kappa shape index (κ1) is 12.3. The molecule has 0 saturated heterocycles. The summed E-state index contributed by atoms with van der Waals surface area (Å²) in [6, 6.07) is 8.49. The SMILES string of the molecule is C#CC(c1ccccc1)C(N)C(=O)OCC. The molecule has 1 rings (SSSR count). The van der Waals surface area contributed by atoms with Crippen molar-refractivity contribution >= 4 is 5.97 Å². The van der Waals surface area contributed by atoms with Crippen molar-refractivity contribution in [2.24, 2.45) is 5.73 Å². The molecule has 0 aliphatic heterocycles. The molecule has 0 radical (unpaired) electrons. The van der Waals surface area contributed by atoms with Crippen LogP contribution in [0.15, 0.2) is 30.3 Å². The number of carbonyl (C=O) groups excluding carboxylic acids is 1. The Morgan fingerprint density at radius 3 is 2.62 bits per heavy atom. The van der Waals surface area contributed by atoms with Crippen molar-refractivity contribution in [2.45, 2.75) is 18.9 Å². The zero-order valence-corrected chi connectivity index (χ0v) is 9.22. The number of esters is 1. The van der Waals surface area contributed by atoms with E-state index in [1.165, 1.54) is 0 Å². The number of hydrogen-bond donors (Lipinski definition) is 1. The monoisotopic (exact) mass is 217 g/mol. The third kappa shape index (κ3) is 2.85. The third-order valence-corrected chi connectivity index (χ3v) is 2.26. The quantitative estimate of drug-likeness (QED) is 0.611. The van der Waals surface area contributed by atoms with Crippen LogP contribution in [0, 0.1) is 12.3 Å². The van der Waals surface area contributed by atoms with E-state index in [-0.39, 0.29) is 0 Å². The Balaban J connectivity index is 2.84. The number of rotatable bonds is 4. The molecule has 0 amide bonds. The summed E-state index contributed by atoms with van der Waals surface area (Å²) < 4.78 is 4.85. The van der Waals surface area contributed by atoms with Crippen LogP contribution in [0.25, 0.3) is 0 Å². The van der Waals surface area contributed by atoms with Crippen molar-refractivity contribution < 1.29 is 9.53 Å². The van der Waals surface area contributed by atoms with Gasteiger partial charge in [-0.25, -0.2) is 0 Å². The number of terminal acetylenes is 1. The van der Waals surface area contributed by atoms with E-state index in [2.05, 4.69) is 5.92 Å². The summed E-state index contributed by atoms with van der Waals surface area (Å²) in [6.45, 7) is 2.04. The summed E-state index contributed by atoms with van der Waals surface area (Å²) in [6.07, 6.45) is 5.40. The zero-order valence-electron chi connectivity index (χ0n) is 9.22. The van der Waals surface area contributed by atoms with Gasteiger partial charge in [0.1, 0.15) is 6.04 Å². The van der Waals surface area contributed by atoms with Crippen LogP contribution in [0.4, 0.5) is 0 Å². The molecule has 3 heteroatoms. The lowest BCUT2D eigenvalue weighted by Gasteiger charge is -2.17. The fraction of sp³-hybridized carbons (Fsp3) is 0.308. The van der Waals surface area contributed by atoms with Crippen LogP contribution in [-0.4, -0.2) is 18.6 Å². The maximum Gasteiger partial charge on any atom is 0.324 e. The fourth-order valence-corrected chi connectivity index (χ4v) is 1.44. The van der Waals surface area contributed by atoms with Gasteiger partial charge in [0.2, 0.25) is 0 Å². The Bertz CT molecular complexity index is 381. The van der Waals surface area contributed by atoms with Crippen LogP contribution in [0.2, 0.25) is 0 Å². The van der Waals surface area contributed by atoms with Crippen LogP contribution < -0.4 is 5.73 Å². The summed E-state index contributed by atoms with van der Waals surface area (Å²) >= 11 is 0. The summed E-state index contributed by atoms with van der Waals surface area (Å²) in [5.41, 5.74) is 6.63. The van der Waals surface area contributed by atoms with Gasteiger partial charge in [-0.2, -0.15) is 0 Å². The molecule has 0 aliphatic carbocycles. The Morgan fingerprint density at radius 1 is 1.50 bits per heavy atom. The van der Waals surface area contributed by atoms with Crippen LogP contribution in [0.5, 0.6) is 0 Å². The topological polar surface area (TPSA) is 52.3 Å². The first-order chi connectivity index (χ1) is 7.70. The minimum absolute atomic E-state index is 0.304. The highest BCUT2D eigenvalue weighted by Crippen LogP contribution is 2.18. The van der Waals surface area contributed by atoms with E-state index < -0.39 is 17.9 Å². The number of ether oxygens (including phenoxy) is 1. The molecule has 0 aliphatic rings. The molecule has 1 aromatic carbocycles. The van der Waals surface area contributed by atoms with Gasteiger partial charge in [0.05, 0.1) is 12.5 Å². The summed E-state index contributed by atoms with van der Waals surface area (Å²) in [5, 5.41) is 0. The maximum atomic E-state index is 11.5. The number of nitrogens with two attached hydrogens (primary N) is 1. The van der Waals surface area contributed by atoms with E-state index in [4.69, 9.17) is 16.9 Å². The second-order valence-corrected chi connectivity index (χ2v) is 3.33. The van der Waals surface area contributed by atoms with Gasteiger partial charge in [0.15, 0.2) is 0 Å². The highest BCUT2D eigenvalue weighted by molar-refractivity contribution is 5.77. The molecule has 84 valence electrons. The molecule has 2 unspecified atom stereocenters. The highest BCUT2D eigenvalue weighted by atomic mass is 16.5. The lowest BCUT2D eigenvalue weighted by atomic mass is 9.93. The average molecular weight is 217 g/mol. The minimum atomic E-state index is -0.813. The first-order valence-corrected chi connectivity index (χ1v) is 5.14. The fourth-order valence-electron chi connectivity index (χ4n) is 1.44.